The Balaban J connectivity index is 2.25. The first-order valence-electron chi connectivity index (χ1n) is 7.72. The number of nitrogens with zero attached hydrogens (tertiary/aromatic N) is 4. The lowest BCUT2D eigenvalue weighted by Crippen LogP contribution is -2.33. The highest BCUT2D eigenvalue weighted by Crippen LogP contribution is 2.34. The molecule has 1 aliphatic rings. The van der Waals surface area contributed by atoms with Gasteiger partial charge in [0.2, 0.25) is 5.95 Å². The molecule has 4 unspecified atom stereocenters. The molecule has 0 spiro atoms. The van der Waals surface area contributed by atoms with Crippen molar-refractivity contribution in [1.29, 1.82) is 5.26 Å². The first-order chi connectivity index (χ1) is 11.9. The number of nitrogens with two attached hydrogens (primary N) is 1. The third kappa shape index (κ3) is 2.60. The van der Waals surface area contributed by atoms with Gasteiger partial charge in [-0.1, -0.05) is 6.92 Å². The first kappa shape index (κ1) is 17.2. The van der Waals surface area contributed by atoms with Gasteiger partial charge in [-0.15, -0.1) is 0 Å². The fraction of sp³-hybridized carbons (Fsp3) is 0.571. The van der Waals surface area contributed by atoms with E-state index >= 15 is 0 Å². The molecule has 0 radical (unpaired) electrons. The average Bonchev–Trinajstić information content (AvgIpc) is 3.00. The number of aryl methyl sites for hydroxylation is 1. The minimum absolute atomic E-state index is 0.00653. The van der Waals surface area contributed by atoms with Crippen molar-refractivity contribution < 1.29 is 14.9 Å². The normalized spacial score (nSPS) is 26.2. The standard InChI is InChI=1S/C14H18N6O5/c1-6-7(5-21)25-12(9(6)22)20-10-8(11(23)18-13(16)17-10)19(14(20)24)4-2-3-15/h6-7,9,12,21-22H,2,4-5H2,1H3,(H3,16,17,18,23). The van der Waals surface area contributed by atoms with Crippen molar-refractivity contribution >= 4 is 17.1 Å². The maximum atomic E-state index is 12.8. The molecule has 1 aliphatic heterocycles. The van der Waals surface area contributed by atoms with Crippen LogP contribution in [0.15, 0.2) is 9.59 Å². The third-order valence-corrected chi connectivity index (χ3v) is 4.44. The van der Waals surface area contributed by atoms with Crippen molar-refractivity contribution in [3.05, 3.63) is 20.8 Å². The molecule has 134 valence electrons. The molecule has 0 aliphatic carbocycles. The number of H-pyrrole nitrogens is 1. The fourth-order valence-electron chi connectivity index (χ4n) is 3.08. The monoisotopic (exact) mass is 350 g/mol. The minimum atomic E-state index is -1.13. The number of rotatable bonds is 4. The van der Waals surface area contributed by atoms with Gasteiger partial charge in [-0.25, -0.2) is 9.36 Å². The van der Waals surface area contributed by atoms with Gasteiger partial charge in [0.1, 0.15) is 6.10 Å². The molecule has 1 fully saturated rings. The maximum Gasteiger partial charge on any atom is 0.332 e. The van der Waals surface area contributed by atoms with E-state index in [-0.39, 0.29) is 36.7 Å². The van der Waals surface area contributed by atoms with Crippen molar-refractivity contribution in [2.24, 2.45) is 5.92 Å². The van der Waals surface area contributed by atoms with Crippen molar-refractivity contribution in [3.63, 3.8) is 0 Å². The highest BCUT2D eigenvalue weighted by atomic mass is 16.5. The molecule has 3 rings (SSSR count). The van der Waals surface area contributed by atoms with Crippen molar-refractivity contribution in [3.8, 4) is 6.07 Å². The van der Waals surface area contributed by atoms with Crippen LogP contribution in [0, 0.1) is 17.2 Å². The smallest absolute Gasteiger partial charge is 0.332 e. The highest BCUT2D eigenvalue weighted by molar-refractivity contribution is 5.71. The average molecular weight is 350 g/mol. The lowest BCUT2D eigenvalue weighted by Gasteiger charge is -2.16. The number of nitrogens with one attached hydrogen (secondary N) is 1. The summed E-state index contributed by atoms with van der Waals surface area (Å²) < 4.78 is 7.76. The summed E-state index contributed by atoms with van der Waals surface area (Å²) in [6.07, 6.45) is -2.87. The molecule has 4 atom stereocenters. The number of nitriles is 1. The van der Waals surface area contributed by atoms with E-state index in [0.29, 0.717) is 0 Å². The maximum absolute atomic E-state index is 12.8. The van der Waals surface area contributed by atoms with E-state index in [0.717, 1.165) is 9.13 Å². The molecule has 1 saturated heterocycles. The number of imidazole rings is 1. The molecule has 2 aromatic heterocycles. The van der Waals surface area contributed by atoms with Gasteiger partial charge >= 0.3 is 5.69 Å². The van der Waals surface area contributed by atoms with E-state index < -0.39 is 35.6 Å². The van der Waals surface area contributed by atoms with Crippen molar-refractivity contribution in [2.45, 2.75) is 38.3 Å². The van der Waals surface area contributed by atoms with Gasteiger partial charge in [-0.05, 0) is 0 Å². The van der Waals surface area contributed by atoms with E-state index in [9.17, 15) is 19.8 Å². The Labute approximate surface area is 140 Å². The van der Waals surface area contributed by atoms with Crippen LogP contribution in [0.3, 0.4) is 0 Å². The number of nitrogen functional groups attached to an aromatic ring is 1. The van der Waals surface area contributed by atoms with Gasteiger partial charge in [0.15, 0.2) is 17.4 Å². The highest BCUT2D eigenvalue weighted by Gasteiger charge is 2.43. The molecular formula is C14H18N6O5. The van der Waals surface area contributed by atoms with Gasteiger partial charge in [-0.3, -0.25) is 14.3 Å². The van der Waals surface area contributed by atoms with Gasteiger partial charge in [0.05, 0.1) is 25.2 Å². The summed E-state index contributed by atoms with van der Waals surface area (Å²) in [5.74, 6) is -0.623. The zero-order chi connectivity index (χ0) is 18.3. The topological polar surface area (TPSA) is 172 Å². The molecule has 5 N–H and O–H groups in total. The molecular weight excluding hydrogens is 332 g/mol. The quantitative estimate of drug-likeness (QED) is 0.503. The van der Waals surface area contributed by atoms with Gasteiger partial charge < -0.3 is 20.7 Å². The Morgan fingerprint density at radius 1 is 1.48 bits per heavy atom. The van der Waals surface area contributed by atoms with Crippen molar-refractivity contribution in [2.75, 3.05) is 12.3 Å². The molecule has 25 heavy (non-hydrogen) atoms. The van der Waals surface area contributed by atoms with Crippen LogP contribution in [0.5, 0.6) is 0 Å². The second-order valence-corrected chi connectivity index (χ2v) is 5.93. The minimum Gasteiger partial charge on any atom is -0.394 e. The van der Waals surface area contributed by atoms with E-state index in [1.165, 1.54) is 0 Å². The number of ether oxygens (including phenoxy) is 1. The number of hydrogen-bond donors (Lipinski definition) is 4. The van der Waals surface area contributed by atoms with E-state index in [1.54, 1.807) is 6.92 Å². The van der Waals surface area contributed by atoms with E-state index in [1.807, 2.05) is 6.07 Å². The Kier molecular flexibility index (Phi) is 4.34. The zero-order valence-electron chi connectivity index (χ0n) is 13.4. The summed E-state index contributed by atoms with van der Waals surface area (Å²) in [5.41, 5.74) is 4.21. The predicted molar refractivity (Wildman–Crippen MR) is 85.4 cm³/mol. The Hall–Kier alpha value is -2.68. The molecule has 0 saturated carbocycles. The second kappa shape index (κ2) is 6.32. The SMILES string of the molecule is CC1C(CO)OC(n2c(=O)n(CCC#N)c3c(=O)[nH]c(N)nc32)C1O. The van der Waals surface area contributed by atoms with Crippen LogP contribution in [0.25, 0.3) is 11.2 Å². The number of aromatic nitrogens is 4. The molecule has 0 aromatic carbocycles. The number of aliphatic hydroxyl groups is 2. The summed E-state index contributed by atoms with van der Waals surface area (Å²) in [7, 11) is 0. The first-order valence-corrected chi connectivity index (χ1v) is 7.72. The third-order valence-electron chi connectivity index (χ3n) is 4.44. The zero-order valence-corrected chi connectivity index (χ0v) is 13.4. The molecule has 11 nitrogen and oxygen atoms in total. The van der Waals surface area contributed by atoms with Crippen LogP contribution in [-0.2, 0) is 11.3 Å². The van der Waals surface area contributed by atoms with E-state index in [4.69, 9.17) is 15.7 Å². The Bertz CT molecular complexity index is 953. The number of hydrogen-bond acceptors (Lipinski definition) is 8. The summed E-state index contributed by atoms with van der Waals surface area (Å²) in [6.45, 7) is 1.34. The van der Waals surface area contributed by atoms with Crippen LogP contribution >= 0.6 is 0 Å². The van der Waals surface area contributed by atoms with Crippen LogP contribution in [0.2, 0.25) is 0 Å². The van der Waals surface area contributed by atoms with Gasteiger partial charge in [0.25, 0.3) is 5.56 Å². The summed E-state index contributed by atoms with van der Waals surface area (Å²) in [6, 6.07) is 1.91. The van der Waals surface area contributed by atoms with Crippen LogP contribution < -0.4 is 17.0 Å². The molecule has 3 heterocycles. The number of fused-ring (bicyclic) bond motifs is 1. The van der Waals surface area contributed by atoms with Crippen LogP contribution in [-0.4, -0.2) is 48.1 Å². The lowest BCUT2D eigenvalue weighted by atomic mass is 10.0. The largest absolute Gasteiger partial charge is 0.394 e. The van der Waals surface area contributed by atoms with Gasteiger partial charge in [-0.2, -0.15) is 10.2 Å². The second-order valence-electron chi connectivity index (χ2n) is 5.93. The molecule has 0 bridgehead atoms. The Morgan fingerprint density at radius 2 is 2.20 bits per heavy atom. The Morgan fingerprint density at radius 3 is 2.80 bits per heavy atom. The number of aromatic amines is 1. The van der Waals surface area contributed by atoms with E-state index in [2.05, 4.69) is 9.97 Å². The lowest BCUT2D eigenvalue weighted by molar-refractivity contribution is -0.0510. The number of anilines is 1. The van der Waals surface area contributed by atoms with Crippen LogP contribution in [0.1, 0.15) is 19.6 Å². The molecule has 2 aromatic rings. The summed E-state index contributed by atoms with van der Waals surface area (Å²) in [5, 5.41) is 28.6. The molecule has 11 heteroatoms. The van der Waals surface area contributed by atoms with Crippen molar-refractivity contribution in [1.82, 2.24) is 19.1 Å². The molecule has 0 amide bonds. The predicted octanol–water partition coefficient (Wildman–Crippen LogP) is -1.73. The van der Waals surface area contributed by atoms with Gasteiger partial charge in [0, 0.05) is 12.5 Å². The summed E-state index contributed by atoms with van der Waals surface area (Å²) in [4.78, 5) is 31.4. The fourth-order valence-corrected chi connectivity index (χ4v) is 3.08. The van der Waals surface area contributed by atoms with Crippen LogP contribution in [0.4, 0.5) is 5.95 Å². The summed E-state index contributed by atoms with van der Waals surface area (Å²) >= 11 is 0. The number of aliphatic hydroxyl groups excluding tert-OH is 2.